The molecule has 0 aliphatic carbocycles. The van der Waals surface area contributed by atoms with Crippen LogP contribution in [-0.4, -0.2) is 25.2 Å². The lowest BCUT2D eigenvalue weighted by Gasteiger charge is -2.17. The van der Waals surface area contributed by atoms with Crippen molar-refractivity contribution in [1.29, 1.82) is 0 Å². The molecule has 2 aromatic rings. The molecule has 1 atom stereocenters. The molecule has 0 bridgehead atoms. The molecule has 0 unspecified atom stereocenters. The first-order valence-electron chi connectivity index (χ1n) is 8.39. The fourth-order valence-corrected chi connectivity index (χ4v) is 2.44. The van der Waals surface area contributed by atoms with E-state index in [0.717, 1.165) is 16.9 Å². The van der Waals surface area contributed by atoms with Crippen LogP contribution in [0.3, 0.4) is 0 Å². The van der Waals surface area contributed by atoms with Gasteiger partial charge in [-0.15, -0.1) is 0 Å². The van der Waals surface area contributed by atoms with Crippen LogP contribution in [0.5, 0.6) is 11.5 Å². The van der Waals surface area contributed by atoms with Gasteiger partial charge in [0, 0.05) is 5.02 Å². The van der Waals surface area contributed by atoms with Crippen LogP contribution in [0.2, 0.25) is 5.02 Å². The Morgan fingerprint density at radius 2 is 1.88 bits per heavy atom. The molecule has 0 spiro atoms. The molecule has 0 fully saturated rings. The summed E-state index contributed by atoms with van der Waals surface area (Å²) >= 11 is 5.85. The van der Waals surface area contributed by atoms with Crippen LogP contribution in [0.1, 0.15) is 24.5 Å². The highest BCUT2D eigenvalue weighted by Gasteiger charge is 2.17. The number of carbonyl (C=O) groups excluding carboxylic acids is 1. The Morgan fingerprint density at radius 3 is 2.56 bits per heavy atom. The molecule has 0 saturated carbocycles. The van der Waals surface area contributed by atoms with Crippen molar-refractivity contribution < 1.29 is 14.3 Å². The maximum absolute atomic E-state index is 12.3. The molecule has 5 heteroatoms. The smallest absolute Gasteiger partial charge is 0.261 e. The Labute approximate surface area is 154 Å². The second-order valence-corrected chi connectivity index (χ2v) is 6.31. The lowest BCUT2D eigenvalue weighted by Crippen LogP contribution is -2.39. The summed E-state index contributed by atoms with van der Waals surface area (Å²) in [5.74, 6) is 1.32. The SMILES string of the molecule is CC[C@@H](Oc1ccc(Cl)cc1)C(=O)NCCOc1cc(C)ccc1C. The predicted octanol–water partition coefficient (Wildman–Crippen LogP) is 4.31. The topological polar surface area (TPSA) is 47.6 Å². The first-order valence-corrected chi connectivity index (χ1v) is 8.77. The molecule has 0 heterocycles. The fourth-order valence-electron chi connectivity index (χ4n) is 2.31. The van der Waals surface area contributed by atoms with Crippen LogP contribution in [0.4, 0.5) is 0 Å². The monoisotopic (exact) mass is 361 g/mol. The molecule has 0 radical (unpaired) electrons. The lowest BCUT2D eigenvalue weighted by atomic mass is 10.1. The van der Waals surface area contributed by atoms with E-state index in [9.17, 15) is 4.79 Å². The van der Waals surface area contributed by atoms with Crippen LogP contribution in [0.15, 0.2) is 42.5 Å². The van der Waals surface area contributed by atoms with Crippen molar-refractivity contribution in [1.82, 2.24) is 5.32 Å². The summed E-state index contributed by atoms with van der Waals surface area (Å²) in [7, 11) is 0. The minimum atomic E-state index is -0.540. The van der Waals surface area contributed by atoms with Crippen molar-refractivity contribution in [3.8, 4) is 11.5 Å². The number of rotatable bonds is 8. The minimum Gasteiger partial charge on any atom is -0.491 e. The summed E-state index contributed by atoms with van der Waals surface area (Å²) in [5.41, 5.74) is 2.22. The number of hydrogen-bond acceptors (Lipinski definition) is 3. The average molecular weight is 362 g/mol. The number of nitrogens with one attached hydrogen (secondary N) is 1. The summed E-state index contributed by atoms with van der Waals surface area (Å²) in [6, 6.07) is 13.0. The van der Waals surface area contributed by atoms with Crippen molar-refractivity contribution in [3.05, 3.63) is 58.6 Å². The summed E-state index contributed by atoms with van der Waals surface area (Å²) < 4.78 is 11.5. The zero-order valence-corrected chi connectivity index (χ0v) is 15.6. The van der Waals surface area contributed by atoms with Gasteiger partial charge in [0.05, 0.1) is 6.54 Å². The predicted molar refractivity (Wildman–Crippen MR) is 101 cm³/mol. The number of aryl methyl sites for hydroxylation is 2. The fraction of sp³-hybridized carbons (Fsp3) is 0.350. The standard InChI is InChI=1S/C20H24ClNO3/c1-4-18(25-17-9-7-16(21)8-10-17)20(23)22-11-12-24-19-13-14(2)5-6-15(19)3/h5-10,13,18H,4,11-12H2,1-3H3,(H,22,23)/t18-/m1/s1. The van der Waals surface area contributed by atoms with Crippen LogP contribution in [0, 0.1) is 13.8 Å². The molecule has 0 saturated heterocycles. The Hall–Kier alpha value is -2.20. The molecule has 1 N–H and O–H groups in total. The van der Waals surface area contributed by atoms with Gasteiger partial charge in [-0.2, -0.15) is 0 Å². The highest BCUT2D eigenvalue weighted by Crippen LogP contribution is 2.19. The molecular weight excluding hydrogens is 338 g/mol. The Morgan fingerprint density at radius 1 is 1.16 bits per heavy atom. The molecule has 0 aromatic heterocycles. The van der Waals surface area contributed by atoms with E-state index in [1.165, 1.54) is 0 Å². The van der Waals surface area contributed by atoms with E-state index in [1.54, 1.807) is 24.3 Å². The van der Waals surface area contributed by atoms with Gasteiger partial charge in [0.15, 0.2) is 6.10 Å². The molecule has 4 nitrogen and oxygen atoms in total. The first kappa shape index (κ1) is 19.1. The quantitative estimate of drug-likeness (QED) is 0.713. The number of hydrogen-bond donors (Lipinski definition) is 1. The van der Waals surface area contributed by atoms with Crippen LogP contribution >= 0.6 is 11.6 Å². The van der Waals surface area contributed by atoms with Gasteiger partial charge in [0.2, 0.25) is 0 Å². The van der Waals surface area contributed by atoms with Gasteiger partial charge in [-0.25, -0.2) is 0 Å². The maximum Gasteiger partial charge on any atom is 0.261 e. The van der Waals surface area contributed by atoms with Gasteiger partial charge in [0.1, 0.15) is 18.1 Å². The van der Waals surface area contributed by atoms with Crippen molar-refractivity contribution in [3.63, 3.8) is 0 Å². The van der Waals surface area contributed by atoms with Gasteiger partial charge in [-0.1, -0.05) is 30.7 Å². The molecule has 134 valence electrons. The molecule has 2 rings (SSSR count). The first-order chi connectivity index (χ1) is 12.0. The third-order valence-corrected chi connectivity index (χ3v) is 4.01. The van der Waals surface area contributed by atoms with E-state index < -0.39 is 6.10 Å². The Kier molecular flexibility index (Phi) is 7.14. The summed E-state index contributed by atoms with van der Waals surface area (Å²) in [5, 5.41) is 3.49. The molecule has 0 aliphatic rings. The van der Waals surface area contributed by atoms with Gasteiger partial charge in [0.25, 0.3) is 5.91 Å². The van der Waals surface area contributed by atoms with Crippen molar-refractivity contribution in [2.75, 3.05) is 13.2 Å². The van der Waals surface area contributed by atoms with Crippen molar-refractivity contribution in [2.24, 2.45) is 0 Å². The second-order valence-electron chi connectivity index (χ2n) is 5.88. The van der Waals surface area contributed by atoms with Gasteiger partial charge in [-0.05, 0) is 61.7 Å². The number of amides is 1. The van der Waals surface area contributed by atoms with Crippen molar-refractivity contribution in [2.45, 2.75) is 33.3 Å². The number of carbonyl (C=O) groups is 1. The Bertz CT molecular complexity index is 701. The minimum absolute atomic E-state index is 0.151. The number of halogens is 1. The van der Waals surface area contributed by atoms with E-state index in [4.69, 9.17) is 21.1 Å². The maximum atomic E-state index is 12.3. The molecule has 2 aromatic carbocycles. The number of ether oxygens (including phenoxy) is 2. The van der Waals surface area contributed by atoms with Gasteiger partial charge in [-0.3, -0.25) is 4.79 Å². The van der Waals surface area contributed by atoms with Crippen molar-refractivity contribution >= 4 is 17.5 Å². The number of benzene rings is 2. The van der Waals surface area contributed by atoms with Gasteiger partial charge >= 0.3 is 0 Å². The third-order valence-electron chi connectivity index (χ3n) is 3.76. The Balaban J connectivity index is 1.79. The van der Waals surface area contributed by atoms with Crippen LogP contribution in [-0.2, 0) is 4.79 Å². The largest absolute Gasteiger partial charge is 0.491 e. The summed E-state index contributed by atoms with van der Waals surface area (Å²) in [4.78, 5) is 12.3. The van der Waals surface area contributed by atoms with E-state index >= 15 is 0 Å². The lowest BCUT2D eigenvalue weighted by molar-refractivity contribution is -0.128. The van der Waals surface area contributed by atoms with Gasteiger partial charge < -0.3 is 14.8 Å². The van der Waals surface area contributed by atoms with E-state index in [-0.39, 0.29) is 5.91 Å². The van der Waals surface area contributed by atoms with E-state index in [2.05, 4.69) is 5.32 Å². The normalized spacial score (nSPS) is 11.7. The van der Waals surface area contributed by atoms with Crippen LogP contribution < -0.4 is 14.8 Å². The third kappa shape index (κ3) is 5.98. The van der Waals surface area contributed by atoms with E-state index in [0.29, 0.717) is 30.3 Å². The highest BCUT2D eigenvalue weighted by atomic mass is 35.5. The van der Waals surface area contributed by atoms with Crippen LogP contribution in [0.25, 0.3) is 0 Å². The zero-order chi connectivity index (χ0) is 18.2. The molecular formula is C20H24ClNO3. The van der Waals surface area contributed by atoms with E-state index in [1.807, 2.05) is 39.0 Å². The highest BCUT2D eigenvalue weighted by molar-refractivity contribution is 6.30. The second kappa shape index (κ2) is 9.33. The zero-order valence-electron chi connectivity index (χ0n) is 14.8. The average Bonchev–Trinajstić information content (AvgIpc) is 2.60. The summed E-state index contributed by atoms with van der Waals surface area (Å²) in [6.07, 6.45) is 0.0358. The summed E-state index contributed by atoms with van der Waals surface area (Å²) in [6.45, 7) is 6.77. The molecule has 0 aliphatic heterocycles. The molecule has 25 heavy (non-hydrogen) atoms. The molecule has 1 amide bonds.